The van der Waals surface area contributed by atoms with Gasteiger partial charge in [0.1, 0.15) is 0 Å². The second kappa shape index (κ2) is 15.2. The molecule has 2 aromatic carbocycles. The fourth-order valence-electron chi connectivity index (χ4n) is 4.81. The molecule has 0 aliphatic carbocycles. The first kappa shape index (κ1) is 29.2. The van der Waals surface area contributed by atoms with Gasteiger partial charge in [0.2, 0.25) is 0 Å². The van der Waals surface area contributed by atoms with Gasteiger partial charge in [0.15, 0.2) is 11.5 Å². The lowest BCUT2D eigenvalue weighted by Crippen LogP contribution is -2.31. The van der Waals surface area contributed by atoms with Gasteiger partial charge >= 0.3 is 0 Å². The molecular formula is C31H43ClN2O3. The van der Waals surface area contributed by atoms with Gasteiger partial charge in [-0.05, 0) is 67.9 Å². The van der Waals surface area contributed by atoms with Gasteiger partial charge in [-0.2, -0.15) is 0 Å². The van der Waals surface area contributed by atoms with E-state index in [0.29, 0.717) is 23.1 Å². The fourth-order valence-corrected chi connectivity index (χ4v) is 4.98. The Morgan fingerprint density at radius 2 is 1.51 bits per heavy atom. The van der Waals surface area contributed by atoms with Gasteiger partial charge in [-0.15, -0.1) is 0 Å². The number of halogens is 1. The summed E-state index contributed by atoms with van der Waals surface area (Å²) in [6.45, 7) is 7.11. The van der Waals surface area contributed by atoms with E-state index in [-0.39, 0.29) is 0 Å². The molecule has 3 aromatic rings. The van der Waals surface area contributed by atoms with Gasteiger partial charge in [-0.25, -0.2) is 4.98 Å². The summed E-state index contributed by atoms with van der Waals surface area (Å²) >= 11 is 6.34. The average molecular weight is 527 g/mol. The molecule has 5 nitrogen and oxygen atoms in total. The Balaban J connectivity index is 1.92. The molecule has 0 spiro atoms. The van der Waals surface area contributed by atoms with Crippen molar-refractivity contribution in [1.29, 1.82) is 0 Å². The van der Waals surface area contributed by atoms with E-state index in [9.17, 15) is 5.11 Å². The van der Waals surface area contributed by atoms with E-state index in [0.717, 1.165) is 53.7 Å². The number of aliphatic hydroxyl groups is 1. The zero-order valence-corrected chi connectivity index (χ0v) is 23.7. The van der Waals surface area contributed by atoms with Crippen molar-refractivity contribution >= 4 is 22.5 Å². The largest absolute Gasteiger partial charge is 0.493 e. The van der Waals surface area contributed by atoms with Crippen LogP contribution in [0.15, 0.2) is 42.5 Å². The van der Waals surface area contributed by atoms with Crippen LogP contribution in [0, 0.1) is 0 Å². The average Bonchev–Trinajstić information content (AvgIpc) is 2.91. The van der Waals surface area contributed by atoms with Gasteiger partial charge in [-0.1, -0.05) is 70.0 Å². The number of nitrogens with zero attached hydrogens (tertiary/aromatic N) is 2. The van der Waals surface area contributed by atoms with Crippen LogP contribution in [0.5, 0.6) is 11.5 Å². The maximum Gasteiger partial charge on any atom is 0.161 e. The van der Waals surface area contributed by atoms with Crippen molar-refractivity contribution in [2.24, 2.45) is 0 Å². The first-order valence-electron chi connectivity index (χ1n) is 13.7. The van der Waals surface area contributed by atoms with Gasteiger partial charge in [0.25, 0.3) is 0 Å². The van der Waals surface area contributed by atoms with E-state index in [2.05, 4.69) is 18.7 Å². The van der Waals surface area contributed by atoms with Crippen LogP contribution < -0.4 is 9.47 Å². The summed E-state index contributed by atoms with van der Waals surface area (Å²) in [5.41, 5.74) is 3.30. The molecule has 0 bridgehead atoms. The number of aromatic nitrogens is 1. The Morgan fingerprint density at radius 3 is 2.14 bits per heavy atom. The zero-order valence-electron chi connectivity index (χ0n) is 22.9. The number of rotatable bonds is 16. The maximum atomic E-state index is 11.6. The Bertz CT molecular complexity index is 1110. The van der Waals surface area contributed by atoms with Crippen LogP contribution >= 0.6 is 11.6 Å². The lowest BCUT2D eigenvalue weighted by atomic mass is 9.99. The topological polar surface area (TPSA) is 54.8 Å². The van der Waals surface area contributed by atoms with E-state index >= 15 is 0 Å². The number of fused-ring (bicyclic) bond motifs is 1. The van der Waals surface area contributed by atoms with Crippen molar-refractivity contribution in [3.05, 3.63) is 53.1 Å². The summed E-state index contributed by atoms with van der Waals surface area (Å²) in [7, 11) is 3.25. The summed E-state index contributed by atoms with van der Waals surface area (Å²) in [6.07, 6.45) is 9.13. The van der Waals surface area contributed by atoms with Crippen molar-refractivity contribution in [3.8, 4) is 22.8 Å². The second-order valence-corrected chi connectivity index (χ2v) is 10.2. The molecule has 0 saturated carbocycles. The van der Waals surface area contributed by atoms with Crippen molar-refractivity contribution in [2.45, 2.75) is 71.3 Å². The Morgan fingerprint density at radius 1 is 0.838 bits per heavy atom. The minimum absolute atomic E-state index is 0.603. The molecule has 1 N–H and O–H groups in total. The number of hydrogen-bond acceptors (Lipinski definition) is 5. The summed E-state index contributed by atoms with van der Waals surface area (Å²) < 4.78 is 10.9. The van der Waals surface area contributed by atoms with Crippen molar-refractivity contribution in [3.63, 3.8) is 0 Å². The molecular weight excluding hydrogens is 484 g/mol. The van der Waals surface area contributed by atoms with E-state index in [1.165, 1.54) is 38.5 Å². The molecule has 6 heteroatoms. The first-order valence-corrected chi connectivity index (χ1v) is 14.1. The van der Waals surface area contributed by atoms with Gasteiger partial charge < -0.3 is 19.5 Å². The highest BCUT2D eigenvalue weighted by Gasteiger charge is 2.19. The van der Waals surface area contributed by atoms with Crippen LogP contribution in [0.2, 0.25) is 5.02 Å². The van der Waals surface area contributed by atoms with Crippen molar-refractivity contribution < 1.29 is 14.6 Å². The monoisotopic (exact) mass is 526 g/mol. The summed E-state index contributed by atoms with van der Waals surface area (Å²) in [4.78, 5) is 7.33. The van der Waals surface area contributed by atoms with E-state index in [4.69, 9.17) is 26.1 Å². The van der Waals surface area contributed by atoms with Crippen LogP contribution in [0.4, 0.5) is 0 Å². The summed E-state index contributed by atoms with van der Waals surface area (Å²) in [5.74, 6) is 1.30. The first-order chi connectivity index (χ1) is 18.0. The number of ether oxygens (including phenoxy) is 2. The Hall–Kier alpha value is -2.34. The highest BCUT2D eigenvalue weighted by molar-refractivity contribution is 6.31. The number of unbranched alkanes of at least 4 members (excludes halogenated alkanes) is 6. The predicted octanol–water partition coefficient (Wildman–Crippen LogP) is 8.07. The minimum atomic E-state index is -0.636. The third-order valence-corrected chi connectivity index (χ3v) is 7.16. The molecule has 0 saturated heterocycles. The minimum Gasteiger partial charge on any atom is -0.493 e. The molecule has 0 aliphatic rings. The normalized spacial score (nSPS) is 12.3. The number of benzene rings is 2. The molecule has 3 rings (SSSR count). The molecule has 1 heterocycles. The fraction of sp³-hybridized carbons (Fsp3) is 0.516. The number of aliphatic hydroxyl groups excluding tert-OH is 1. The highest BCUT2D eigenvalue weighted by atomic mass is 35.5. The van der Waals surface area contributed by atoms with Gasteiger partial charge in [-0.3, -0.25) is 0 Å². The van der Waals surface area contributed by atoms with Crippen molar-refractivity contribution in [2.75, 3.05) is 33.9 Å². The van der Waals surface area contributed by atoms with Crippen LogP contribution in [0.3, 0.4) is 0 Å². The quantitative estimate of drug-likeness (QED) is 0.191. The Kier molecular flexibility index (Phi) is 12.0. The van der Waals surface area contributed by atoms with Crippen LogP contribution in [0.25, 0.3) is 22.2 Å². The van der Waals surface area contributed by atoms with Gasteiger partial charge in [0, 0.05) is 22.5 Å². The third-order valence-electron chi connectivity index (χ3n) is 6.93. The van der Waals surface area contributed by atoms with Crippen LogP contribution in [0.1, 0.15) is 76.9 Å². The lowest BCUT2D eigenvalue weighted by molar-refractivity contribution is 0.111. The molecule has 202 valence electrons. The van der Waals surface area contributed by atoms with Gasteiger partial charge in [0.05, 0.1) is 31.5 Å². The molecule has 1 atom stereocenters. The van der Waals surface area contributed by atoms with E-state index in [1.807, 2.05) is 42.5 Å². The SMILES string of the molecule is CCCCCCN(CCCCCC)CC(O)c1cc(-c2ccc(OC)c(OC)c2)nc2cc(Cl)ccc12. The molecule has 37 heavy (non-hydrogen) atoms. The highest BCUT2D eigenvalue weighted by Crippen LogP contribution is 2.35. The molecule has 1 aromatic heterocycles. The number of pyridine rings is 1. The number of methoxy groups -OCH3 is 2. The lowest BCUT2D eigenvalue weighted by Gasteiger charge is -2.26. The van der Waals surface area contributed by atoms with E-state index in [1.54, 1.807) is 14.2 Å². The standard InChI is InChI=1S/C31H43ClN2O3/c1-5-7-9-11-17-34(18-12-10-8-6-2)22-29(35)26-21-27(33-28-20-24(32)14-15-25(26)28)23-13-16-30(36-3)31(19-23)37-4/h13-16,19-21,29,35H,5-12,17-18,22H2,1-4H3. The number of hydrogen-bond donors (Lipinski definition) is 1. The molecule has 0 radical (unpaired) electrons. The molecule has 0 fully saturated rings. The molecule has 0 amide bonds. The Labute approximate surface area is 227 Å². The van der Waals surface area contributed by atoms with E-state index < -0.39 is 6.10 Å². The maximum absolute atomic E-state index is 11.6. The zero-order chi connectivity index (χ0) is 26.6. The van der Waals surface area contributed by atoms with Crippen LogP contribution in [-0.2, 0) is 0 Å². The van der Waals surface area contributed by atoms with Crippen molar-refractivity contribution in [1.82, 2.24) is 9.88 Å². The summed E-state index contributed by atoms with van der Waals surface area (Å²) in [6, 6.07) is 13.5. The van der Waals surface area contributed by atoms with Crippen LogP contribution in [-0.4, -0.2) is 48.8 Å². The molecule has 0 aliphatic heterocycles. The molecule has 1 unspecified atom stereocenters. The summed E-state index contributed by atoms with van der Waals surface area (Å²) in [5, 5.41) is 13.1. The second-order valence-electron chi connectivity index (χ2n) is 9.77. The predicted molar refractivity (Wildman–Crippen MR) is 155 cm³/mol. The third kappa shape index (κ3) is 8.33. The smallest absolute Gasteiger partial charge is 0.161 e.